The predicted molar refractivity (Wildman–Crippen MR) is 66.6 cm³/mol. The number of hydrogen-bond donors (Lipinski definition) is 1. The van der Waals surface area contributed by atoms with Crippen LogP contribution in [-0.2, 0) is 4.74 Å². The summed E-state index contributed by atoms with van der Waals surface area (Å²) < 4.78 is 5.18. The Balaban J connectivity index is 2.06. The summed E-state index contributed by atoms with van der Waals surface area (Å²) in [7, 11) is 0. The minimum absolute atomic E-state index is 0.576. The van der Waals surface area contributed by atoms with Crippen molar-refractivity contribution in [2.75, 3.05) is 18.9 Å². The number of nitrogens with zero attached hydrogens (tertiary/aromatic N) is 1. The molecule has 0 atom stereocenters. The fourth-order valence-electron chi connectivity index (χ4n) is 1.73. The highest BCUT2D eigenvalue weighted by Gasteiger charge is 2.20. The summed E-state index contributed by atoms with van der Waals surface area (Å²) in [5.41, 5.74) is 7.54. The van der Waals surface area contributed by atoms with Gasteiger partial charge in [-0.15, -0.1) is 11.8 Å². The van der Waals surface area contributed by atoms with Crippen LogP contribution in [0.25, 0.3) is 10.9 Å². The Morgan fingerprint density at radius 3 is 2.94 bits per heavy atom. The van der Waals surface area contributed by atoms with Gasteiger partial charge in [0.05, 0.1) is 29.7 Å². The third kappa shape index (κ3) is 1.64. The molecule has 2 heterocycles. The third-order valence-electron chi connectivity index (χ3n) is 2.66. The van der Waals surface area contributed by atoms with Crippen LogP contribution >= 0.6 is 11.8 Å². The average Bonchev–Trinajstić information content (AvgIpc) is 2.26. The van der Waals surface area contributed by atoms with Gasteiger partial charge in [0, 0.05) is 16.5 Å². The molecular weight excluding hydrogens is 220 g/mol. The largest absolute Gasteiger partial charge is 0.397 e. The molecule has 0 unspecified atom stereocenters. The van der Waals surface area contributed by atoms with Gasteiger partial charge >= 0.3 is 0 Å². The van der Waals surface area contributed by atoms with E-state index in [4.69, 9.17) is 10.5 Å². The van der Waals surface area contributed by atoms with Crippen molar-refractivity contribution in [2.24, 2.45) is 0 Å². The molecule has 0 amide bonds. The molecular formula is C12H12N2OS. The topological polar surface area (TPSA) is 48.1 Å². The third-order valence-corrected chi connectivity index (χ3v) is 3.88. The lowest BCUT2D eigenvalue weighted by Crippen LogP contribution is -2.30. The van der Waals surface area contributed by atoms with E-state index in [-0.39, 0.29) is 0 Å². The zero-order chi connectivity index (χ0) is 11.0. The van der Waals surface area contributed by atoms with Gasteiger partial charge in [0.1, 0.15) is 0 Å². The lowest BCUT2D eigenvalue weighted by atomic mass is 10.2. The maximum atomic E-state index is 5.91. The number of thioether (sulfide) groups is 1. The number of nitrogens with two attached hydrogens (primary N) is 1. The number of pyridine rings is 1. The molecule has 1 aromatic carbocycles. The van der Waals surface area contributed by atoms with Crippen molar-refractivity contribution in [3.8, 4) is 0 Å². The van der Waals surface area contributed by atoms with Gasteiger partial charge in [-0.25, -0.2) is 0 Å². The van der Waals surface area contributed by atoms with E-state index in [0.717, 1.165) is 29.8 Å². The van der Waals surface area contributed by atoms with Gasteiger partial charge in [-0.05, 0) is 18.2 Å². The van der Waals surface area contributed by atoms with Crippen molar-refractivity contribution in [1.29, 1.82) is 0 Å². The van der Waals surface area contributed by atoms with E-state index in [2.05, 4.69) is 17.1 Å². The van der Waals surface area contributed by atoms with Crippen LogP contribution < -0.4 is 5.73 Å². The molecule has 0 spiro atoms. The van der Waals surface area contributed by atoms with Crippen LogP contribution in [0, 0.1) is 0 Å². The van der Waals surface area contributed by atoms with Gasteiger partial charge in [-0.3, -0.25) is 4.98 Å². The van der Waals surface area contributed by atoms with Crippen molar-refractivity contribution in [3.63, 3.8) is 0 Å². The van der Waals surface area contributed by atoms with E-state index in [1.165, 1.54) is 4.90 Å². The molecule has 1 aliphatic heterocycles. The van der Waals surface area contributed by atoms with Crippen molar-refractivity contribution >= 4 is 28.4 Å². The summed E-state index contributed by atoms with van der Waals surface area (Å²) >= 11 is 1.85. The van der Waals surface area contributed by atoms with Gasteiger partial charge in [0.25, 0.3) is 0 Å². The van der Waals surface area contributed by atoms with E-state index in [1.54, 1.807) is 6.20 Å². The number of rotatable bonds is 2. The summed E-state index contributed by atoms with van der Waals surface area (Å²) in [6.45, 7) is 1.69. The quantitative estimate of drug-likeness (QED) is 0.807. The molecule has 2 N–H and O–H groups in total. The van der Waals surface area contributed by atoms with Crippen LogP contribution in [0.3, 0.4) is 0 Å². The molecule has 0 bridgehead atoms. The summed E-state index contributed by atoms with van der Waals surface area (Å²) in [5, 5.41) is 1.71. The number of aromatic nitrogens is 1. The monoisotopic (exact) mass is 232 g/mol. The summed E-state index contributed by atoms with van der Waals surface area (Å²) in [6, 6.07) is 8.02. The summed E-state index contributed by atoms with van der Waals surface area (Å²) in [5.74, 6) is 0. The number of benzene rings is 1. The van der Waals surface area contributed by atoms with Crippen molar-refractivity contribution < 1.29 is 4.74 Å². The Hall–Kier alpha value is -1.26. The minimum Gasteiger partial charge on any atom is -0.397 e. The predicted octanol–water partition coefficient (Wildman–Crippen LogP) is 2.31. The van der Waals surface area contributed by atoms with Crippen LogP contribution in [0.5, 0.6) is 0 Å². The van der Waals surface area contributed by atoms with Gasteiger partial charge in [0.15, 0.2) is 0 Å². The van der Waals surface area contributed by atoms with Crippen molar-refractivity contribution in [1.82, 2.24) is 4.98 Å². The molecule has 1 saturated heterocycles. The minimum atomic E-state index is 0.576. The fourth-order valence-corrected chi connectivity index (χ4v) is 2.86. The molecule has 0 radical (unpaired) electrons. The maximum absolute atomic E-state index is 5.91. The standard InChI is InChI=1S/C12H12N2OS/c13-10-3-4-11(16-8-6-15-7-8)9-2-1-5-14-12(9)10/h1-5,8H,6-7,13H2. The SMILES string of the molecule is Nc1ccc(SC2COC2)c2cccnc12. The lowest BCUT2D eigenvalue weighted by molar-refractivity contribution is 0.0455. The zero-order valence-corrected chi connectivity index (χ0v) is 9.54. The summed E-state index contributed by atoms with van der Waals surface area (Å²) in [6.07, 6.45) is 1.78. The second-order valence-electron chi connectivity index (χ2n) is 3.83. The molecule has 0 saturated carbocycles. The maximum Gasteiger partial charge on any atom is 0.0942 e. The number of fused-ring (bicyclic) bond motifs is 1. The molecule has 4 heteroatoms. The molecule has 1 aromatic heterocycles. The zero-order valence-electron chi connectivity index (χ0n) is 8.72. The average molecular weight is 232 g/mol. The number of anilines is 1. The Labute approximate surface area is 98.0 Å². The van der Waals surface area contributed by atoms with Gasteiger partial charge in [-0.2, -0.15) is 0 Å². The molecule has 16 heavy (non-hydrogen) atoms. The first-order valence-electron chi connectivity index (χ1n) is 5.22. The highest BCUT2D eigenvalue weighted by Crippen LogP contribution is 2.34. The molecule has 1 fully saturated rings. The molecule has 0 aliphatic carbocycles. The van der Waals surface area contributed by atoms with Crippen molar-refractivity contribution in [3.05, 3.63) is 30.5 Å². The lowest BCUT2D eigenvalue weighted by Gasteiger charge is -2.25. The van der Waals surface area contributed by atoms with Crippen LogP contribution in [0.1, 0.15) is 0 Å². The first-order chi connectivity index (χ1) is 7.84. The van der Waals surface area contributed by atoms with E-state index in [9.17, 15) is 0 Å². The van der Waals surface area contributed by atoms with Crippen LogP contribution in [0.2, 0.25) is 0 Å². The molecule has 2 aromatic rings. The Morgan fingerprint density at radius 2 is 2.19 bits per heavy atom. The number of hydrogen-bond acceptors (Lipinski definition) is 4. The van der Waals surface area contributed by atoms with Crippen molar-refractivity contribution in [2.45, 2.75) is 10.1 Å². The van der Waals surface area contributed by atoms with E-state index < -0.39 is 0 Å². The normalized spacial score (nSPS) is 16.2. The molecule has 1 aliphatic rings. The van der Waals surface area contributed by atoms with E-state index in [0.29, 0.717) is 5.25 Å². The smallest absolute Gasteiger partial charge is 0.0942 e. The molecule has 82 valence electrons. The molecule has 3 nitrogen and oxygen atoms in total. The van der Waals surface area contributed by atoms with Crippen LogP contribution in [0.4, 0.5) is 5.69 Å². The Morgan fingerprint density at radius 1 is 1.31 bits per heavy atom. The highest BCUT2D eigenvalue weighted by molar-refractivity contribution is 8.00. The van der Waals surface area contributed by atoms with Gasteiger partial charge < -0.3 is 10.5 Å². The van der Waals surface area contributed by atoms with Gasteiger partial charge in [-0.1, -0.05) is 6.07 Å². The number of ether oxygens (including phenoxy) is 1. The van der Waals surface area contributed by atoms with Crippen LogP contribution in [-0.4, -0.2) is 23.4 Å². The van der Waals surface area contributed by atoms with Crippen LogP contribution in [0.15, 0.2) is 35.4 Å². The molecule has 3 rings (SSSR count). The van der Waals surface area contributed by atoms with E-state index in [1.807, 2.05) is 23.9 Å². The Bertz CT molecular complexity index is 525. The highest BCUT2D eigenvalue weighted by atomic mass is 32.2. The second kappa shape index (κ2) is 3.96. The van der Waals surface area contributed by atoms with Gasteiger partial charge in [0.2, 0.25) is 0 Å². The first kappa shape index (κ1) is 9.93. The fraction of sp³-hybridized carbons (Fsp3) is 0.250. The first-order valence-corrected chi connectivity index (χ1v) is 6.10. The second-order valence-corrected chi connectivity index (χ2v) is 5.17. The van der Waals surface area contributed by atoms with E-state index >= 15 is 0 Å². The Kier molecular flexibility index (Phi) is 2.46. The number of nitrogen functional groups attached to an aromatic ring is 1. The summed E-state index contributed by atoms with van der Waals surface area (Å²) in [4.78, 5) is 5.56.